The van der Waals surface area contributed by atoms with Crippen molar-refractivity contribution in [2.24, 2.45) is 11.7 Å². The number of carbonyl (C=O) groups excluding carboxylic acids is 2. The van der Waals surface area contributed by atoms with Gasteiger partial charge in [0.15, 0.2) is 0 Å². The van der Waals surface area contributed by atoms with Crippen molar-refractivity contribution in [1.29, 1.82) is 0 Å². The van der Waals surface area contributed by atoms with E-state index >= 15 is 0 Å². The standard InChI is InChI=1S/C29H34ClF3N2O10/c1-15(2)13-45-27(41)23-20(14-44-11-10-43-9-8-34)35-16(3)22(26(40)42-4)28(23,19(25(38)39)12-21(36)37)17-6-5-7-18(24(17)30)29(31,32)33/h5-7,12,15,35H,8-11,13-14,34H2,1-4H3,(H,36,37)(H,38,39)/b19-12+. The summed E-state index contributed by atoms with van der Waals surface area (Å²) in [7, 11) is 0.906. The van der Waals surface area contributed by atoms with Crippen LogP contribution >= 0.6 is 11.6 Å². The lowest BCUT2D eigenvalue weighted by molar-refractivity contribution is -0.141. The second-order valence-electron chi connectivity index (χ2n) is 10.0. The average Bonchev–Trinajstić information content (AvgIpc) is 2.94. The van der Waals surface area contributed by atoms with E-state index in [-0.39, 0.29) is 56.4 Å². The minimum absolute atomic E-state index is 0.0454. The Labute approximate surface area is 261 Å². The van der Waals surface area contributed by atoms with Gasteiger partial charge in [-0.15, -0.1) is 0 Å². The molecule has 0 amide bonds. The van der Waals surface area contributed by atoms with Crippen molar-refractivity contribution in [2.45, 2.75) is 32.4 Å². The summed E-state index contributed by atoms with van der Waals surface area (Å²) in [4.78, 5) is 52.5. The Morgan fingerprint density at radius 2 is 1.71 bits per heavy atom. The molecule has 0 radical (unpaired) electrons. The lowest BCUT2D eigenvalue weighted by Crippen LogP contribution is -2.49. The zero-order chi connectivity index (χ0) is 34.1. The SMILES string of the molecule is COC(=O)C1=C(C)NC(COCCOCCN)=C(C(=O)OCC(C)C)C1(/C(=C/C(=O)O)C(=O)O)c1cccc(C(F)(F)F)c1Cl. The first kappa shape index (κ1) is 37.3. The van der Waals surface area contributed by atoms with Gasteiger partial charge in [0.25, 0.3) is 0 Å². The molecule has 0 saturated carbocycles. The molecule has 0 bridgehead atoms. The number of nitrogens with one attached hydrogen (secondary N) is 1. The maximum absolute atomic E-state index is 14.2. The number of hydrogen-bond acceptors (Lipinski definition) is 10. The molecule has 1 heterocycles. The molecule has 12 nitrogen and oxygen atoms in total. The van der Waals surface area contributed by atoms with Gasteiger partial charge in [0, 0.05) is 18.3 Å². The van der Waals surface area contributed by atoms with Crippen LogP contribution in [0.1, 0.15) is 31.9 Å². The summed E-state index contributed by atoms with van der Waals surface area (Å²) in [6.45, 7) is 4.24. The molecule has 0 saturated heterocycles. The summed E-state index contributed by atoms with van der Waals surface area (Å²) >= 11 is 6.37. The molecule has 0 spiro atoms. The molecule has 1 atom stereocenters. The van der Waals surface area contributed by atoms with Gasteiger partial charge in [0.1, 0.15) is 0 Å². The van der Waals surface area contributed by atoms with Gasteiger partial charge >= 0.3 is 30.1 Å². The quantitative estimate of drug-likeness (QED) is 0.122. The van der Waals surface area contributed by atoms with Crippen LogP contribution in [0.25, 0.3) is 0 Å². The maximum Gasteiger partial charge on any atom is 0.417 e. The predicted molar refractivity (Wildman–Crippen MR) is 153 cm³/mol. The zero-order valence-corrected chi connectivity index (χ0v) is 25.6. The molecule has 1 aliphatic heterocycles. The largest absolute Gasteiger partial charge is 0.478 e. The molecule has 16 heteroatoms. The van der Waals surface area contributed by atoms with Crippen LogP contribution in [0.4, 0.5) is 13.2 Å². The highest BCUT2D eigenvalue weighted by Crippen LogP contribution is 2.54. The first-order valence-electron chi connectivity index (χ1n) is 13.4. The third kappa shape index (κ3) is 8.42. The molecule has 0 aliphatic carbocycles. The molecule has 5 N–H and O–H groups in total. The van der Waals surface area contributed by atoms with Crippen LogP contribution in [0.15, 0.2) is 52.4 Å². The Morgan fingerprint density at radius 3 is 2.24 bits per heavy atom. The topological polar surface area (TPSA) is 184 Å². The number of carboxylic acids is 2. The van der Waals surface area contributed by atoms with E-state index in [1.165, 1.54) is 6.92 Å². The second kappa shape index (κ2) is 15.9. The number of ether oxygens (including phenoxy) is 4. The number of carbonyl (C=O) groups is 4. The van der Waals surface area contributed by atoms with Gasteiger partial charge < -0.3 is 40.2 Å². The molecule has 0 fully saturated rings. The Bertz CT molecular complexity index is 1400. The van der Waals surface area contributed by atoms with Crippen LogP contribution in [-0.2, 0) is 49.7 Å². The van der Waals surface area contributed by atoms with Gasteiger partial charge in [-0.2, -0.15) is 13.2 Å². The van der Waals surface area contributed by atoms with E-state index < -0.39 is 74.9 Å². The van der Waals surface area contributed by atoms with E-state index in [0.717, 1.165) is 19.2 Å². The second-order valence-corrected chi connectivity index (χ2v) is 10.4. The van der Waals surface area contributed by atoms with Crippen molar-refractivity contribution < 1.29 is 61.5 Å². The first-order chi connectivity index (χ1) is 21.0. The van der Waals surface area contributed by atoms with Gasteiger partial charge in [-0.3, -0.25) is 0 Å². The molecule has 2 rings (SSSR count). The van der Waals surface area contributed by atoms with Gasteiger partial charge in [0.05, 0.1) is 78.6 Å². The first-order valence-corrected chi connectivity index (χ1v) is 13.8. The van der Waals surface area contributed by atoms with Gasteiger partial charge in [0.2, 0.25) is 0 Å². The predicted octanol–water partition coefficient (Wildman–Crippen LogP) is 3.19. The van der Waals surface area contributed by atoms with Crippen LogP contribution in [0.2, 0.25) is 5.02 Å². The number of alkyl halides is 3. The summed E-state index contributed by atoms with van der Waals surface area (Å²) in [5.74, 6) is -6.75. The molecule has 1 aromatic rings. The molecule has 1 unspecified atom stereocenters. The highest BCUT2D eigenvalue weighted by atomic mass is 35.5. The molecule has 1 aromatic carbocycles. The highest BCUT2D eigenvalue weighted by Gasteiger charge is 2.58. The number of allylic oxidation sites excluding steroid dienone is 1. The molecule has 1 aliphatic rings. The Balaban J connectivity index is 3.22. The molecule has 0 aromatic heterocycles. The van der Waals surface area contributed by atoms with Crippen molar-refractivity contribution in [3.63, 3.8) is 0 Å². The van der Waals surface area contributed by atoms with Crippen LogP contribution in [-0.4, -0.2) is 80.8 Å². The van der Waals surface area contributed by atoms with Crippen molar-refractivity contribution >= 4 is 35.5 Å². The zero-order valence-electron chi connectivity index (χ0n) is 24.9. The summed E-state index contributed by atoms with van der Waals surface area (Å²) in [5.41, 5.74) is -2.90. The fraction of sp³-hybridized carbons (Fsp3) is 0.448. The number of nitrogens with two attached hydrogens (primary N) is 1. The number of halogens is 4. The number of methoxy groups -OCH3 is 1. The lowest BCUT2D eigenvalue weighted by Gasteiger charge is -2.43. The number of carboxylic acid groups (broad SMARTS) is 2. The number of aliphatic carboxylic acids is 2. The average molecular weight is 663 g/mol. The van der Waals surface area contributed by atoms with Crippen molar-refractivity contribution in [3.8, 4) is 0 Å². The van der Waals surface area contributed by atoms with E-state index in [1.807, 2.05) is 0 Å². The van der Waals surface area contributed by atoms with Crippen LogP contribution in [0.3, 0.4) is 0 Å². The van der Waals surface area contributed by atoms with E-state index in [0.29, 0.717) is 6.07 Å². The van der Waals surface area contributed by atoms with Crippen LogP contribution in [0, 0.1) is 5.92 Å². The molecular weight excluding hydrogens is 629 g/mol. The van der Waals surface area contributed by atoms with E-state index in [1.54, 1.807) is 13.8 Å². The van der Waals surface area contributed by atoms with Crippen molar-refractivity contribution in [2.75, 3.05) is 46.7 Å². The van der Waals surface area contributed by atoms with Gasteiger partial charge in [-0.25, -0.2) is 19.2 Å². The third-order valence-electron chi connectivity index (χ3n) is 6.40. The number of hydrogen-bond donors (Lipinski definition) is 4. The van der Waals surface area contributed by atoms with E-state index in [9.17, 15) is 42.6 Å². The third-order valence-corrected chi connectivity index (χ3v) is 6.80. The number of dihydropyridines is 1. The van der Waals surface area contributed by atoms with Crippen molar-refractivity contribution in [3.05, 3.63) is 68.5 Å². The minimum atomic E-state index is -5.09. The van der Waals surface area contributed by atoms with Crippen LogP contribution in [0.5, 0.6) is 0 Å². The summed E-state index contributed by atoms with van der Waals surface area (Å²) in [6, 6.07) is 2.43. The highest BCUT2D eigenvalue weighted by molar-refractivity contribution is 6.33. The van der Waals surface area contributed by atoms with Crippen LogP contribution < -0.4 is 11.1 Å². The van der Waals surface area contributed by atoms with Gasteiger partial charge in [-0.1, -0.05) is 37.6 Å². The fourth-order valence-electron chi connectivity index (χ4n) is 4.75. The Kier molecular flexibility index (Phi) is 13.2. The monoisotopic (exact) mass is 662 g/mol. The minimum Gasteiger partial charge on any atom is -0.478 e. The summed E-state index contributed by atoms with van der Waals surface area (Å²) in [6.07, 6.45) is -4.93. The normalized spacial score (nSPS) is 17.3. The Morgan fingerprint density at radius 1 is 1.07 bits per heavy atom. The number of rotatable bonds is 15. The van der Waals surface area contributed by atoms with E-state index in [2.05, 4.69) is 5.32 Å². The smallest absolute Gasteiger partial charge is 0.417 e. The fourth-order valence-corrected chi connectivity index (χ4v) is 5.12. The summed E-state index contributed by atoms with van der Waals surface area (Å²) in [5, 5.41) is 21.9. The molecule has 45 heavy (non-hydrogen) atoms. The molecule has 248 valence electrons. The number of benzene rings is 1. The number of esters is 2. The maximum atomic E-state index is 14.2. The van der Waals surface area contributed by atoms with Gasteiger partial charge in [-0.05, 0) is 24.5 Å². The molecular formula is C29H34ClF3N2O10. The van der Waals surface area contributed by atoms with Crippen molar-refractivity contribution in [1.82, 2.24) is 5.32 Å². The van der Waals surface area contributed by atoms with E-state index in [4.69, 9.17) is 36.3 Å². The lowest BCUT2D eigenvalue weighted by atomic mass is 9.61. The summed E-state index contributed by atoms with van der Waals surface area (Å²) < 4.78 is 63.7. The Hall–Kier alpha value is -3.92.